The zero-order valence-electron chi connectivity index (χ0n) is 13.5. The van der Waals surface area contributed by atoms with Crippen molar-refractivity contribution in [2.24, 2.45) is 5.10 Å². The Labute approximate surface area is 156 Å². The molecular formula is C18H11ClF3N3O2. The molecule has 2 heterocycles. The highest BCUT2D eigenvalue weighted by molar-refractivity contribution is 6.32. The number of pyridine rings is 1. The lowest BCUT2D eigenvalue weighted by atomic mass is 10.1. The van der Waals surface area contributed by atoms with E-state index in [9.17, 15) is 18.0 Å². The number of halogens is 4. The number of benzene rings is 1. The maximum atomic E-state index is 12.8. The molecule has 27 heavy (non-hydrogen) atoms. The molecule has 2 aromatic heterocycles. The minimum Gasteiger partial charge on any atom is -0.455 e. The molecule has 5 nitrogen and oxygen atoms in total. The summed E-state index contributed by atoms with van der Waals surface area (Å²) in [5.74, 6) is -0.0711. The SMILES string of the molecule is O=C(NN=Cc1ccc(-c2cccc(C(F)(F)F)c2)o1)c1cccnc1Cl. The summed E-state index contributed by atoms with van der Waals surface area (Å²) < 4.78 is 43.8. The first-order valence-corrected chi connectivity index (χ1v) is 7.94. The van der Waals surface area contributed by atoms with Gasteiger partial charge in [0.25, 0.3) is 5.91 Å². The van der Waals surface area contributed by atoms with Crippen molar-refractivity contribution in [3.05, 3.63) is 76.8 Å². The molecule has 0 aliphatic heterocycles. The Hall–Kier alpha value is -3.13. The number of hydrogen-bond donors (Lipinski definition) is 1. The average Bonchev–Trinajstić information content (AvgIpc) is 3.10. The van der Waals surface area contributed by atoms with Crippen LogP contribution in [0.25, 0.3) is 11.3 Å². The fraction of sp³-hybridized carbons (Fsp3) is 0.0556. The van der Waals surface area contributed by atoms with E-state index in [1.54, 1.807) is 6.07 Å². The molecule has 1 amide bonds. The molecule has 0 unspecified atom stereocenters. The predicted molar refractivity (Wildman–Crippen MR) is 93.5 cm³/mol. The molecule has 0 bridgehead atoms. The van der Waals surface area contributed by atoms with Gasteiger partial charge in [0.1, 0.15) is 16.7 Å². The van der Waals surface area contributed by atoms with Crippen LogP contribution in [-0.4, -0.2) is 17.1 Å². The molecule has 0 atom stereocenters. The van der Waals surface area contributed by atoms with Crippen LogP contribution in [0.3, 0.4) is 0 Å². The molecule has 3 rings (SSSR count). The zero-order valence-corrected chi connectivity index (χ0v) is 14.3. The first-order valence-electron chi connectivity index (χ1n) is 7.56. The van der Waals surface area contributed by atoms with Crippen molar-refractivity contribution in [3.8, 4) is 11.3 Å². The monoisotopic (exact) mass is 393 g/mol. The van der Waals surface area contributed by atoms with Crippen molar-refractivity contribution in [3.63, 3.8) is 0 Å². The smallest absolute Gasteiger partial charge is 0.416 e. The Morgan fingerprint density at radius 1 is 1.19 bits per heavy atom. The third kappa shape index (κ3) is 4.53. The molecule has 0 aliphatic carbocycles. The molecule has 0 saturated carbocycles. The molecule has 0 radical (unpaired) electrons. The Kier molecular flexibility index (Phi) is 5.27. The molecule has 0 aliphatic rings. The van der Waals surface area contributed by atoms with Crippen LogP contribution in [-0.2, 0) is 6.18 Å². The topological polar surface area (TPSA) is 67.5 Å². The van der Waals surface area contributed by atoms with Gasteiger partial charge in [-0.1, -0.05) is 23.7 Å². The second-order valence-corrected chi connectivity index (χ2v) is 5.68. The van der Waals surface area contributed by atoms with E-state index in [1.165, 1.54) is 42.7 Å². The van der Waals surface area contributed by atoms with Crippen LogP contribution in [0.2, 0.25) is 5.15 Å². The molecule has 1 aromatic carbocycles. The van der Waals surface area contributed by atoms with E-state index in [0.717, 1.165) is 12.1 Å². The molecule has 3 aromatic rings. The van der Waals surface area contributed by atoms with E-state index in [4.69, 9.17) is 16.0 Å². The quantitative estimate of drug-likeness (QED) is 0.394. The number of furan rings is 1. The summed E-state index contributed by atoms with van der Waals surface area (Å²) in [6, 6.07) is 10.8. The Morgan fingerprint density at radius 2 is 2.00 bits per heavy atom. The predicted octanol–water partition coefficient (Wildman–Crippen LogP) is 4.78. The van der Waals surface area contributed by atoms with Gasteiger partial charge in [-0.25, -0.2) is 10.4 Å². The number of hydrogen-bond acceptors (Lipinski definition) is 4. The van der Waals surface area contributed by atoms with Crippen LogP contribution >= 0.6 is 11.6 Å². The highest BCUT2D eigenvalue weighted by Gasteiger charge is 2.30. The lowest BCUT2D eigenvalue weighted by Crippen LogP contribution is -2.18. The van der Waals surface area contributed by atoms with Crippen LogP contribution in [0.5, 0.6) is 0 Å². The van der Waals surface area contributed by atoms with Crippen LogP contribution in [0.15, 0.2) is 64.2 Å². The van der Waals surface area contributed by atoms with Crippen molar-refractivity contribution in [2.75, 3.05) is 0 Å². The number of nitrogens with zero attached hydrogens (tertiary/aromatic N) is 2. The van der Waals surface area contributed by atoms with Gasteiger partial charge in [0.2, 0.25) is 0 Å². The normalized spacial score (nSPS) is 11.7. The molecule has 1 N–H and O–H groups in total. The van der Waals surface area contributed by atoms with Crippen LogP contribution < -0.4 is 5.43 Å². The third-order valence-corrected chi connectivity index (χ3v) is 3.76. The molecular weight excluding hydrogens is 383 g/mol. The minimum atomic E-state index is -4.44. The summed E-state index contributed by atoms with van der Waals surface area (Å²) in [6.07, 6.45) is -1.77. The van der Waals surface area contributed by atoms with E-state index in [-0.39, 0.29) is 27.8 Å². The summed E-state index contributed by atoms with van der Waals surface area (Å²) in [4.78, 5) is 15.7. The third-order valence-electron chi connectivity index (χ3n) is 3.46. The number of carbonyl (C=O) groups is 1. The number of carbonyl (C=O) groups excluding carboxylic acids is 1. The Morgan fingerprint density at radius 3 is 2.74 bits per heavy atom. The van der Waals surface area contributed by atoms with Crippen LogP contribution in [0, 0.1) is 0 Å². The van der Waals surface area contributed by atoms with Crippen molar-refractivity contribution in [1.29, 1.82) is 0 Å². The van der Waals surface area contributed by atoms with Crippen LogP contribution in [0.4, 0.5) is 13.2 Å². The van der Waals surface area contributed by atoms with Gasteiger partial charge in [0.15, 0.2) is 0 Å². The standard InChI is InChI=1S/C18H11ClF3N3O2/c19-16-14(5-2-8-23-16)17(26)25-24-10-13-6-7-15(27-13)11-3-1-4-12(9-11)18(20,21)22/h1-10H,(H,25,26). The number of aromatic nitrogens is 1. The van der Waals surface area contributed by atoms with Gasteiger partial charge >= 0.3 is 6.18 Å². The fourth-order valence-electron chi connectivity index (χ4n) is 2.20. The van der Waals surface area contributed by atoms with E-state index in [0.29, 0.717) is 0 Å². The lowest BCUT2D eigenvalue weighted by Gasteiger charge is -2.07. The van der Waals surface area contributed by atoms with Crippen molar-refractivity contribution >= 4 is 23.7 Å². The van der Waals surface area contributed by atoms with Crippen molar-refractivity contribution < 1.29 is 22.4 Å². The van der Waals surface area contributed by atoms with E-state index in [1.807, 2.05) is 0 Å². The second-order valence-electron chi connectivity index (χ2n) is 5.32. The molecule has 138 valence electrons. The molecule has 0 saturated heterocycles. The van der Waals surface area contributed by atoms with Gasteiger partial charge in [-0.05, 0) is 36.4 Å². The summed E-state index contributed by atoms with van der Waals surface area (Å²) in [5.41, 5.74) is 1.92. The fourth-order valence-corrected chi connectivity index (χ4v) is 2.40. The van der Waals surface area contributed by atoms with Gasteiger partial charge in [-0.3, -0.25) is 4.79 Å². The van der Waals surface area contributed by atoms with E-state index in [2.05, 4.69) is 15.5 Å². The van der Waals surface area contributed by atoms with E-state index >= 15 is 0 Å². The highest BCUT2D eigenvalue weighted by Crippen LogP contribution is 2.32. The number of alkyl halides is 3. The molecule has 0 spiro atoms. The minimum absolute atomic E-state index is 0.0371. The van der Waals surface area contributed by atoms with Gasteiger partial charge in [-0.15, -0.1) is 0 Å². The highest BCUT2D eigenvalue weighted by atomic mass is 35.5. The average molecular weight is 394 g/mol. The number of nitrogens with one attached hydrogen (secondary N) is 1. The Balaban J connectivity index is 1.70. The number of rotatable bonds is 4. The number of amides is 1. The maximum Gasteiger partial charge on any atom is 0.416 e. The van der Waals surface area contributed by atoms with E-state index < -0.39 is 17.6 Å². The van der Waals surface area contributed by atoms with Crippen LogP contribution in [0.1, 0.15) is 21.7 Å². The van der Waals surface area contributed by atoms with Crippen molar-refractivity contribution in [1.82, 2.24) is 10.4 Å². The molecule has 9 heteroatoms. The number of hydrazone groups is 1. The largest absolute Gasteiger partial charge is 0.455 e. The van der Waals surface area contributed by atoms with Crippen molar-refractivity contribution in [2.45, 2.75) is 6.18 Å². The Bertz CT molecular complexity index is 999. The first-order chi connectivity index (χ1) is 12.8. The first kappa shape index (κ1) is 18.7. The maximum absolute atomic E-state index is 12.8. The summed E-state index contributed by atoms with van der Waals surface area (Å²) in [5, 5.41) is 3.78. The van der Waals surface area contributed by atoms with Gasteiger partial charge in [-0.2, -0.15) is 18.3 Å². The second kappa shape index (κ2) is 7.63. The lowest BCUT2D eigenvalue weighted by molar-refractivity contribution is -0.137. The summed E-state index contributed by atoms with van der Waals surface area (Å²) in [6.45, 7) is 0. The summed E-state index contributed by atoms with van der Waals surface area (Å²) in [7, 11) is 0. The van der Waals surface area contributed by atoms with Gasteiger partial charge in [0, 0.05) is 11.8 Å². The molecule has 0 fully saturated rings. The summed E-state index contributed by atoms with van der Waals surface area (Å²) >= 11 is 5.81. The van der Waals surface area contributed by atoms with Gasteiger partial charge < -0.3 is 4.42 Å². The van der Waals surface area contributed by atoms with Gasteiger partial charge in [0.05, 0.1) is 17.3 Å². The zero-order chi connectivity index (χ0) is 19.4.